The molecule has 5 nitrogen and oxygen atoms in total. The Morgan fingerprint density at radius 2 is 1.56 bits per heavy atom. The van der Waals surface area contributed by atoms with Gasteiger partial charge >= 0.3 is 0 Å². The number of carbonyl (C=O) groups is 2. The van der Waals surface area contributed by atoms with Gasteiger partial charge in [0.2, 0.25) is 5.91 Å². The first kappa shape index (κ1) is 26.7. The van der Waals surface area contributed by atoms with Gasteiger partial charge in [-0.15, -0.1) is 23.2 Å². The second-order valence-corrected chi connectivity index (χ2v) is 10.6. The number of benzene rings is 3. The van der Waals surface area contributed by atoms with Gasteiger partial charge in [0.25, 0.3) is 5.91 Å². The molecule has 0 radical (unpaired) electrons. The van der Waals surface area contributed by atoms with Crippen molar-refractivity contribution in [2.75, 3.05) is 16.4 Å². The summed E-state index contributed by atoms with van der Waals surface area (Å²) in [6.45, 7) is 0. The topological polar surface area (TPSA) is 84.2 Å². The van der Waals surface area contributed by atoms with E-state index in [0.717, 1.165) is 18.2 Å². The lowest BCUT2D eigenvalue weighted by molar-refractivity contribution is -0.117. The van der Waals surface area contributed by atoms with Crippen LogP contribution in [0.2, 0.25) is 15.1 Å². The number of carbonyl (C=O) groups excluding carboxylic acids is 2. The van der Waals surface area contributed by atoms with Crippen LogP contribution in [0.4, 0.5) is 30.2 Å². The first-order valence-electron chi connectivity index (χ1n) is 9.99. The lowest BCUT2D eigenvalue weighted by Crippen LogP contribution is -2.19. The molecule has 3 aromatic carbocycles. The summed E-state index contributed by atoms with van der Waals surface area (Å²) < 4.78 is 40.4. The minimum atomic E-state index is -1.48. The number of nitrogens with one attached hydrogen (secondary N) is 2. The van der Waals surface area contributed by atoms with Gasteiger partial charge in [-0.05, 0) is 35.9 Å². The van der Waals surface area contributed by atoms with Gasteiger partial charge < -0.3 is 16.4 Å². The Labute approximate surface area is 227 Å². The molecule has 0 unspecified atom stereocenters. The van der Waals surface area contributed by atoms with Gasteiger partial charge in [-0.25, -0.2) is 13.2 Å². The van der Waals surface area contributed by atoms with Crippen LogP contribution in [-0.2, 0) is 4.79 Å². The molecule has 188 valence electrons. The normalized spacial score (nSPS) is 18.0. The zero-order valence-electron chi connectivity index (χ0n) is 17.6. The van der Waals surface area contributed by atoms with E-state index in [1.165, 1.54) is 12.1 Å². The average molecular weight is 598 g/mol. The molecular formula is C23H13Cl5F3N3O2. The Morgan fingerprint density at radius 1 is 0.861 bits per heavy atom. The van der Waals surface area contributed by atoms with E-state index in [4.69, 9.17) is 63.7 Å². The van der Waals surface area contributed by atoms with Crippen LogP contribution in [0, 0.1) is 23.4 Å². The molecule has 2 amide bonds. The van der Waals surface area contributed by atoms with Crippen LogP contribution in [0.15, 0.2) is 42.5 Å². The third-order valence-electron chi connectivity index (χ3n) is 5.51. The lowest BCUT2D eigenvalue weighted by atomic mass is 10.1. The molecule has 1 fully saturated rings. The van der Waals surface area contributed by atoms with Crippen LogP contribution in [0.3, 0.4) is 0 Å². The summed E-state index contributed by atoms with van der Waals surface area (Å²) in [5, 5.41) is 4.56. The van der Waals surface area contributed by atoms with Crippen molar-refractivity contribution in [3.05, 3.63) is 86.1 Å². The van der Waals surface area contributed by atoms with E-state index < -0.39 is 67.4 Å². The molecule has 36 heavy (non-hydrogen) atoms. The highest BCUT2D eigenvalue weighted by Gasteiger charge is 2.67. The zero-order chi connectivity index (χ0) is 26.5. The number of halogens is 8. The van der Waals surface area contributed by atoms with Gasteiger partial charge in [0.15, 0.2) is 0 Å². The minimum absolute atomic E-state index is 0.143. The molecule has 1 aliphatic rings. The monoisotopic (exact) mass is 595 g/mol. The molecule has 4 rings (SSSR count). The predicted octanol–water partition coefficient (Wildman–Crippen LogP) is 7.42. The molecule has 0 saturated heterocycles. The molecule has 0 bridgehead atoms. The van der Waals surface area contributed by atoms with Crippen LogP contribution < -0.4 is 16.4 Å². The summed E-state index contributed by atoms with van der Waals surface area (Å²) in [6, 6.07) is 7.99. The van der Waals surface area contributed by atoms with Crippen molar-refractivity contribution in [2.24, 2.45) is 5.92 Å². The van der Waals surface area contributed by atoms with Crippen LogP contribution >= 0.6 is 58.0 Å². The van der Waals surface area contributed by atoms with E-state index >= 15 is 0 Å². The molecule has 3 aromatic rings. The third kappa shape index (κ3) is 5.06. The first-order chi connectivity index (χ1) is 16.8. The second-order valence-electron chi connectivity index (χ2n) is 7.92. The van der Waals surface area contributed by atoms with Crippen molar-refractivity contribution >= 4 is 86.9 Å². The summed E-state index contributed by atoms with van der Waals surface area (Å²) in [4.78, 5) is 25.6. The van der Waals surface area contributed by atoms with Gasteiger partial charge in [0.05, 0.1) is 37.9 Å². The molecule has 13 heteroatoms. The minimum Gasteiger partial charge on any atom is -0.396 e. The largest absolute Gasteiger partial charge is 0.396 e. The number of anilines is 3. The molecule has 0 aromatic heterocycles. The summed E-state index contributed by atoms with van der Waals surface area (Å²) >= 11 is 30.5. The highest BCUT2D eigenvalue weighted by molar-refractivity contribution is 6.53. The van der Waals surface area contributed by atoms with Crippen molar-refractivity contribution in [1.29, 1.82) is 0 Å². The van der Waals surface area contributed by atoms with Gasteiger partial charge in [-0.1, -0.05) is 40.9 Å². The number of hydrogen-bond acceptors (Lipinski definition) is 3. The highest BCUT2D eigenvalue weighted by Crippen LogP contribution is 2.65. The fourth-order valence-electron chi connectivity index (χ4n) is 3.67. The lowest BCUT2D eigenvalue weighted by Gasteiger charge is -2.12. The Morgan fingerprint density at radius 3 is 2.22 bits per heavy atom. The van der Waals surface area contributed by atoms with E-state index in [-0.39, 0.29) is 10.7 Å². The summed E-state index contributed by atoms with van der Waals surface area (Å²) in [5.41, 5.74) is 4.51. The Balaban J connectivity index is 1.56. The standard InChI is InChI=1S/C23H13Cl5F3N3O2/c24-11-2-1-8(3-12(11)25)18-19(23(18,27)28)22(36)33-9-4-10(20(26)15(31)5-9)21(35)34-17-7-16(32)13(29)6-14(17)30/h1-7,18-19H,32H2,(H,33,36)(H,34,35)/t18-,19+/m0/s1. The van der Waals surface area contributed by atoms with Crippen LogP contribution in [0.25, 0.3) is 0 Å². The smallest absolute Gasteiger partial charge is 0.257 e. The summed E-state index contributed by atoms with van der Waals surface area (Å²) in [7, 11) is 0. The Hall–Kier alpha value is -2.36. The number of hydrogen-bond donors (Lipinski definition) is 3. The Bertz CT molecular complexity index is 1420. The van der Waals surface area contributed by atoms with Crippen molar-refractivity contribution in [2.45, 2.75) is 10.3 Å². The maximum Gasteiger partial charge on any atom is 0.257 e. The fourth-order valence-corrected chi connectivity index (χ4v) is 5.00. The van der Waals surface area contributed by atoms with Gasteiger partial charge in [-0.3, -0.25) is 9.59 Å². The van der Waals surface area contributed by atoms with Crippen molar-refractivity contribution in [3.8, 4) is 0 Å². The van der Waals surface area contributed by atoms with E-state index in [1.807, 2.05) is 0 Å². The van der Waals surface area contributed by atoms with Crippen molar-refractivity contribution in [3.63, 3.8) is 0 Å². The van der Waals surface area contributed by atoms with Gasteiger partial charge in [-0.2, -0.15) is 0 Å². The maximum absolute atomic E-state index is 14.5. The molecule has 2 atom stereocenters. The quantitative estimate of drug-likeness (QED) is 0.211. The van der Waals surface area contributed by atoms with Crippen LogP contribution in [0.5, 0.6) is 0 Å². The average Bonchev–Trinajstić information content (AvgIpc) is 3.38. The van der Waals surface area contributed by atoms with Gasteiger partial charge in [0.1, 0.15) is 21.8 Å². The maximum atomic E-state index is 14.5. The molecule has 4 N–H and O–H groups in total. The van der Waals surface area contributed by atoms with E-state index in [0.29, 0.717) is 16.7 Å². The van der Waals surface area contributed by atoms with Crippen LogP contribution in [-0.4, -0.2) is 16.1 Å². The molecule has 0 aliphatic heterocycles. The first-order valence-corrected chi connectivity index (χ1v) is 11.9. The number of nitrogens with two attached hydrogens (primary N) is 1. The highest BCUT2D eigenvalue weighted by atomic mass is 35.5. The number of rotatable bonds is 5. The summed E-state index contributed by atoms with van der Waals surface area (Å²) in [6.07, 6.45) is 0. The predicted molar refractivity (Wildman–Crippen MR) is 136 cm³/mol. The van der Waals surface area contributed by atoms with E-state index in [1.54, 1.807) is 6.07 Å². The van der Waals surface area contributed by atoms with Crippen LogP contribution in [0.1, 0.15) is 21.8 Å². The Kier molecular flexibility index (Phi) is 7.29. The summed E-state index contributed by atoms with van der Waals surface area (Å²) in [5.74, 6) is -6.45. The van der Waals surface area contributed by atoms with Gasteiger partial charge in [0, 0.05) is 17.7 Å². The molecule has 1 aliphatic carbocycles. The molecule has 0 spiro atoms. The van der Waals surface area contributed by atoms with Crippen molar-refractivity contribution in [1.82, 2.24) is 0 Å². The molecule has 1 saturated carbocycles. The zero-order valence-corrected chi connectivity index (χ0v) is 21.4. The molecular weight excluding hydrogens is 585 g/mol. The number of alkyl halides is 2. The SMILES string of the molecule is Nc1cc(NC(=O)c2cc(NC(=O)[C@H]3[C@H](c4ccc(Cl)c(Cl)c4)C3(Cl)Cl)cc(F)c2Cl)c(F)cc1F. The number of amides is 2. The number of nitrogen functional groups attached to an aromatic ring is 1. The third-order valence-corrected chi connectivity index (χ3v) is 7.58. The van der Waals surface area contributed by atoms with Crippen molar-refractivity contribution < 1.29 is 22.8 Å². The second kappa shape index (κ2) is 9.84. The molecule has 0 heterocycles. The fraction of sp³-hybridized carbons (Fsp3) is 0.130. The van der Waals surface area contributed by atoms with E-state index in [9.17, 15) is 22.8 Å². The van der Waals surface area contributed by atoms with E-state index in [2.05, 4.69) is 10.6 Å².